The molecule has 4 N–H and O–H groups in total. The molecule has 0 fully saturated rings. The fourth-order valence-electron chi connectivity index (χ4n) is 10.9. The first kappa shape index (κ1) is 56.8. The Hall–Kier alpha value is -6.30. The maximum atomic E-state index is 7.20. The lowest BCUT2D eigenvalue weighted by Crippen LogP contribution is -2.20. The van der Waals surface area contributed by atoms with E-state index in [1.165, 1.54) is 0 Å². The third-order valence-electron chi connectivity index (χ3n) is 14.5. The Morgan fingerprint density at radius 2 is 0.429 bits per heavy atom. The van der Waals surface area contributed by atoms with Crippen LogP contribution in [-0.2, 0) is 0 Å². The molecule has 0 amide bonds. The predicted molar refractivity (Wildman–Crippen MR) is 354 cm³/mol. The third kappa shape index (κ3) is 10.2. The molecular formula is C66H34Cl12N6. The molecule has 6 nitrogen and oxygen atoms in total. The number of aliphatic imine (C=N–C) groups is 2. The molecular weight excluding hydrogens is 1300 g/mol. The molecule has 6 aromatic carbocycles. The molecule has 3 aliphatic rings. The highest BCUT2D eigenvalue weighted by molar-refractivity contribution is 6.45. The van der Waals surface area contributed by atoms with Crippen molar-refractivity contribution in [3.05, 3.63) is 331 Å². The van der Waals surface area contributed by atoms with E-state index in [0.717, 1.165) is 0 Å². The third-order valence-corrected chi connectivity index (χ3v) is 18.3. The van der Waals surface area contributed by atoms with Gasteiger partial charge in [0.2, 0.25) is 0 Å². The average molecular weight is 1340 g/mol. The summed E-state index contributed by atoms with van der Waals surface area (Å²) in [4.78, 5) is 25.7. The molecule has 84 heavy (non-hydrogen) atoms. The largest absolute Gasteiger partial charge is 0.354 e. The highest BCUT2D eigenvalue weighted by Gasteiger charge is 2.29. The summed E-state index contributed by atoms with van der Waals surface area (Å²) in [6.07, 6.45) is 7.58. The summed E-state index contributed by atoms with van der Waals surface area (Å²) in [5, 5.41) is 7.03. The van der Waals surface area contributed by atoms with Crippen molar-refractivity contribution in [2.75, 3.05) is 0 Å². The molecule has 0 saturated carbocycles. The lowest BCUT2D eigenvalue weighted by Gasteiger charge is -2.15. The fourth-order valence-corrected chi connectivity index (χ4v) is 14.4. The molecule has 10 aromatic rings. The van der Waals surface area contributed by atoms with Gasteiger partial charge in [-0.25, -0.2) is 9.98 Å². The van der Waals surface area contributed by atoms with Gasteiger partial charge >= 0.3 is 0 Å². The summed E-state index contributed by atoms with van der Waals surface area (Å²) in [6.45, 7) is 0. The van der Waals surface area contributed by atoms with Crippen LogP contribution in [0.5, 0.6) is 0 Å². The van der Waals surface area contributed by atoms with E-state index in [4.69, 9.17) is 149 Å². The number of fused-ring (bicyclic) bond motifs is 10. The van der Waals surface area contributed by atoms with Crippen LogP contribution in [0.25, 0.3) is 33.4 Å². The van der Waals surface area contributed by atoms with Gasteiger partial charge in [0.05, 0.1) is 83.1 Å². The van der Waals surface area contributed by atoms with Crippen LogP contribution in [0.4, 0.5) is 0 Å². The fraction of sp³-hybridized carbons (Fsp3) is 0. The van der Waals surface area contributed by atoms with E-state index in [2.05, 4.69) is 19.9 Å². The summed E-state index contributed by atoms with van der Waals surface area (Å²) >= 11 is 86.3. The van der Waals surface area contributed by atoms with Crippen molar-refractivity contribution in [1.29, 1.82) is 0 Å². The van der Waals surface area contributed by atoms with Crippen LogP contribution >= 0.6 is 139 Å². The number of benzene rings is 6. The van der Waals surface area contributed by atoms with Gasteiger partial charge in [0.1, 0.15) is 0 Å². The van der Waals surface area contributed by atoms with Crippen LogP contribution in [0, 0.1) is 0 Å². The van der Waals surface area contributed by atoms with Crippen molar-refractivity contribution < 1.29 is 0 Å². The Bertz CT molecular complexity index is 4520. The Morgan fingerprint density at radius 1 is 0.214 bits per heavy atom. The van der Waals surface area contributed by atoms with Gasteiger partial charge in [-0.15, -0.1) is 0 Å². The monoisotopic (exact) mass is 1330 g/mol. The molecule has 13 rings (SSSR count). The normalized spacial score (nSPS) is 14.3. The van der Waals surface area contributed by atoms with Gasteiger partial charge in [0.15, 0.2) is 0 Å². The molecule has 0 aliphatic carbocycles. The SMILES string of the molecule is Clc1cccc(Cl)c1C1=C2C=CC(=N2)C(c2c(Cl)cccc2Cl)=c2ccc([nH]2)=C(c2c(Cl)cccc2Cl)c2ccc([nH]2)C(c2c(Cl)cccc2Cl)=c2ccc([nH]2)=C(c2c(Cl)cccc2Cl)C2=NC(=C(c3c(Cl)cccc3Cl)c3ccc1[nH]3)C=C2. The van der Waals surface area contributed by atoms with Crippen LogP contribution in [-0.4, -0.2) is 31.4 Å². The summed E-state index contributed by atoms with van der Waals surface area (Å²) in [5.74, 6) is 0. The van der Waals surface area contributed by atoms with E-state index in [-0.39, 0.29) is 0 Å². The highest BCUT2D eigenvalue weighted by atomic mass is 35.5. The van der Waals surface area contributed by atoms with Gasteiger partial charge in [0.25, 0.3) is 0 Å². The minimum atomic E-state index is 0.377. The van der Waals surface area contributed by atoms with E-state index < -0.39 is 0 Å². The minimum Gasteiger partial charge on any atom is -0.354 e. The van der Waals surface area contributed by atoms with Gasteiger partial charge in [-0.3, -0.25) is 0 Å². The Kier molecular flexibility index (Phi) is 15.7. The first-order valence-electron chi connectivity index (χ1n) is 25.6. The minimum absolute atomic E-state index is 0.377. The van der Waals surface area contributed by atoms with Crippen molar-refractivity contribution in [3.8, 4) is 0 Å². The molecule has 0 saturated heterocycles. The Labute approximate surface area is 540 Å². The van der Waals surface area contributed by atoms with Crippen molar-refractivity contribution in [1.82, 2.24) is 19.9 Å². The van der Waals surface area contributed by atoms with Crippen LogP contribution in [0.15, 0.2) is 203 Å². The maximum Gasteiger partial charge on any atom is 0.0738 e. The summed E-state index contributed by atoms with van der Waals surface area (Å²) in [7, 11) is 0. The molecule has 0 radical (unpaired) electrons. The summed E-state index contributed by atoms with van der Waals surface area (Å²) in [6, 6.07) is 47.6. The molecule has 12 bridgehead atoms. The number of allylic oxidation sites excluding steroid dienone is 4. The summed E-state index contributed by atoms with van der Waals surface area (Å²) in [5.41, 5.74) is 11.2. The summed E-state index contributed by atoms with van der Waals surface area (Å²) < 4.78 is 0. The maximum absolute atomic E-state index is 7.20. The second kappa shape index (κ2) is 23.2. The molecule has 18 heteroatoms. The number of hydrogen-bond acceptors (Lipinski definition) is 2. The Morgan fingerprint density at radius 3 is 0.690 bits per heavy atom. The second-order valence-corrected chi connectivity index (χ2v) is 24.3. The van der Waals surface area contributed by atoms with E-state index >= 15 is 0 Å². The van der Waals surface area contributed by atoms with Crippen LogP contribution in [0.1, 0.15) is 56.2 Å². The number of nitrogens with one attached hydrogen (secondary N) is 4. The van der Waals surface area contributed by atoms with Gasteiger partial charge in [-0.2, -0.15) is 0 Å². The van der Waals surface area contributed by atoms with E-state index in [1.807, 2.05) is 72.8 Å². The van der Waals surface area contributed by atoms with Gasteiger partial charge < -0.3 is 19.9 Å². The average Bonchev–Trinajstić information content (AvgIpc) is 2.69. The van der Waals surface area contributed by atoms with Crippen LogP contribution in [0.3, 0.4) is 0 Å². The van der Waals surface area contributed by atoms with E-state index in [0.29, 0.717) is 194 Å². The van der Waals surface area contributed by atoms with Crippen molar-refractivity contribution >= 4 is 184 Å². The zero-order valence-corrected chi connectivity index (χ0v) is 51.8. The van der Waals surface area contributed by atoms with Crippen molar-refractivity contribution in [2.45, 2.75) is 0 Å². The molecule has 3 aliphatic heterocycles. The van der Waals surface area contributed by atoms with Gasteiger partial charge in [0, 0.05) is 111 Å². The van der Waals surface area contributed by atoms with E-state index in [1.54, 1.807) is 109 Å². The molecule has 7 heterocycles. The van der Waals surface area contributed by atoms with Gasteiger partial charge in [-0.05, 0) is 146 Å². The molecule has 4 aromatic heterocycles. The number of nitrogens with zero attached hydrogens (tertiary/aromatic N) is 2. The number of rotatable bonds is 6. The first-order chi connectivity index (χ1) is 40.6. The van der Waals surface area contributed by atoms with Gasteiger partial charge in [-0.1, -0.05) is 176 Å². The molecule has 0 spiro atoms. The smallest absolute Gasteiger partial charge is 0.0738 e. The second-order valence-electron chi connectivity index (χ2n) is 19.4. The number of H-pyrrole nitrogens is 4. The van der Waals surface area contributed by atoms with Crippen molar-refractivity contribution in [3.63, 3.8) is 0 Å². The van der Waals surface area contributed by atoms with Crippen LogP contribution < -0.4 is 21.4 Å². The standard InChI is InChI=1S/C66H34Cl12N6/c67-31-7-1-8-32(68)55(31)61-43-19-21-45(79-43)62(56-33(69)9-2-10-34(56)70)47-23-25-49(81-47)64(58-37(73)13-4-14-38(58)74)51-27-29-53(83-51)66(60-41(77)17-6-18-42(60)78)54-30-28-52(84-54)65(59-39(75)15-5-16-40(59)76)50-26-24-48(82-50)63(46-22-20-44(61)80-46)57-35(71)11-3-12-36(57)72/h1-30,79-81,84H. The molecule has 0 unspecified atom stereocenters. The zero-order chi connectivity index (χ0) is 58.2. The van der Waals surface area contributed by atoms with E-state index in [9.17, 15) is 0 Å². The quantitative estimate of drug-likeness (QED) is 0.128. The predicted octanol–water partition coefficient (Wildman–Crippen LogP) is 19.0. The molecule has 0 atom stereocenters. The Balaban J connectivity index is 1.21. The highest BCUT2D eigenvalue weighted by Crippen LogP contribution is 2.45. The topological polar surface area (TPSA) is 87.9 Å². The number of hydrogen-bond donors (Lipinski definition) is 4. The molecule has 412 valence electrons. The number of aromatic nitrogens is 4. The lowest BCUT2D eigenvalue weighted by atomic mass is 10.00. The lowest BCUT2D eigenvalue weighted by molar-refractivity contribution is 1.21. The number of aromatic amines is 4. The zero-order valence-electron chi connectivity index (χ0n) is 42.8. The van der Waals surface area contributed by atoms with Crippen LogP contribution in [0.2, 0.25) is 60.3 Å². The number of halogens is 12. The first-order valence-corrected chi connectivity index (χ1v) is 30.1. The van der Waals surface area contributed by atoms with Crippen molar-refractivity contribution in [2.24, 2.45) is 9.98 Å².